The maximum absolute atomic E-state index is 11.9. The van der Waals surface area contributed by atoms with Crippen LogP contribution in [0.3, 0.4) is 0 Å². The first kappa shape index (κ1) is 13.9. The van der Waals surface area contributed by atoms with E-state index < -0.39 is 0 Å². The molecule has 0 saturated heterocycles. The number of hydrogen-bond acceptors (Lipinski definition) is 5. The third kappa shape index (κ3) is 2.92. The Morgan fingerprint density at radius 1 is 1.35 bits per heavy atom. The number of nitrogens with two attached hydrogens (primary N) is 1. The number of carbonyl (C=O) groups is 1. The highest BCUT2D eigenvalue weighted by molar-refractivity contribution is 7.98. The monoisotopic (exact) mass is 255 g/mol. The van der Waals surface area contributed by atoms with E-state index in [-0.39, 0.29) is 5.78 Å². The maximum atomic E-state index is 11.9. The molecule has 2 N–H and O–H groups in total. The third-order valence-electron chi connectivity index (χ3n) is 2.38. The summed E-state index contributed by atoms with van der Waals surface area (Å²) in [5.74, 6) is 1.25. The summed E-state index contributed by atoms with van der Waals surface area (Å²) >= 11 is 1.46. The fourth-order valence-corrected chi connectivity index (χ4v) is 2.36. The molecule has 0 heterocycles. The minimum atomic E-state index is 0.0257. The highest BCUT2D eigenvalue weighted by atomic mass is 32.2. The van der Waals surface area contributed by atoms with Crippen LogP contribution in [-0.2, 0) is 0 Å². The number of ketones is 1. The molecule has 0 spiro atoms. The largest absolute Gasteiger partial charge is 0.493 e. The SMILES string of the molecule is COc1ccc(C(=O)CCN)c(SC)c1OC. The molecular weight excluding hydrogens is 238 g/mol. The Kier molecular flexibility index (Phi) is 5.31. The lowest BCUT2D eigenvalue weighted by Crippen LogP contribution is -2.09. The number of hydrogen-bond donors (Lipinski definition) is 1. The number of methoxy groups -OCH3 is 2. The zero-order valence-electron chi connectivity index (χ0n) is 10.3. The number of thioether (sulfide) groups is 1. The summed E-state index contributed by atoms with van der Waals surface area (Å²) in [7, 11) is 3.14. The van der Waals surface area contributed by atoms with E-state index >= 15 is 0 Å². The first-order valence-corrected chi connectivity index (χ1v) is 6.44. The number of carbonyl (C=O) groups excluding carboxylic acids is 1. The Morgan fingerprint density at radius 3 is 2.53 bits per heavy atom. The summed E-state index contributed by atoms with van der Waals surface area (Å²) in [5.41, 5.74) is 6.04. The summed E-state index contributed by atoms with van der Waals surface area (Å²) in [4.78, 5) is 12.7. The van der Waals surface area contributed by atoms with Crippen molar-refractivity contribution >= 4 is 17.5 Å². The van der Waals surface area contributed by atoms with E-state index in [1.807, 2.05) is 6.26 Å². The van der Waals surface area contributed by atoms with Crippen molar-refractivity contribution in [2.24, 2.45) is 5.73 Å². The average molecular weight is 255 g/mol. The summed E-state index contributed by atoms with van der Waals surface area (Å²) in [6.45, 7) is 0.348. The molecule has 0 aliphatic carbocycles. The molecule has 94 valence electrons. The molecule has 1 aromatic rings. The minimum Gasteiger partial charge on any atom is -0.493 e. The van der Waals surface area contributed by atoms with Gasteiger partial charge in [0.2, 0.25) is 0 Å². The van der Waals surface area contributed by atoms with E-state index in [2.05, 4.69) is 0 Å². The fraction of sp³-hybridized carbons (Fsp3) is 0.417. The van der Waals surface area contributed by atoms with Gasteiger partial charge in [-0.3, -0.25) is 4.79 Å². The van der Waals surface area contributed by atoms with Gasteiger partial charge in [-0.15, -0.1) is 11.8 Å². The van der Waals surface area contributed by atoms with Crippen LogP contribution in [0.25, 0.3) is 0 Å². The number of benzene rings is 1. The highest BCUT2D eigenvalue weighted by Gasteiger charge is 2.18. The lowest BCUT2D eigenvalue weighted by Gasteiger charge is -2.14. The first-order chi connectivity index (χ1) is 8.19. The van der Waals surface area contributed by atoms with E-state index in [4.69, 9.17) is 15.2 Å². The smallest absolute Gasteiger partial charge is 0.175 e. The predicted octanol–water partition coefficient (Wildman–Crippen LogP) is 1.96. The van der Waals surface area contributed by atoms with Crippen LogP contribution >= 0.6 is 11.8 Å². The van der Waals surface area contributed by atoms with Gasteiger partial charge in [0, 0.05) is 12.0 Å². The van der Waals surface area contributed by atoms with E-state index in [0.29, 0.717) is 30.0 Å². The van der Waals surface area contributed by atoms with Gasteiger partial charge in [-0.1, -0.05) is 0 Å². The number of ether oxygens (including phenoxy) is 2. The van der Waals surface area contributed by atoms with Crippen LogP contribution in [0.1, 0.15) is 16.8 Å². The standard InChI is InChI=1S/C12H17NO3S/c1-15-10-5-4-8(9(14)6-7-13)12(17-3)11(10)16-2/h4-5H,6-7,13H2,1-3H3. The molecule has 0 aliphatic rings. The fourth-order valence-electron chi connectivity index (χ4n) is 1.59. The van der Waals surface area contributed by atoms with Crippen molar-refractivity contribution in [3.63, 3.8) is 0 Å². The predicted molar refractivity (Wildman–Crippen MR) is 69.3 cm³/mol. The maximum Gasteiger partial charge on any atom is 0.175 e. The quantitative estimate of drug-likeness (QED) is 0.622. The van der Waals surface area contributed by atoms with E-state index in [1.54, 1.807) is 26.4 Å². The lowest BCUT2D eigenvalue weighted by atomic mass is 10.1. The van der Waals surface area contributed by atoms with Crippen LogP contribution in [0.4, 0.5) is 0 Å². The molecular formula is C12H17NO3S. The molecule has 0 atom stereocenters. The molecule has 4 nitrogen and oxygen atoms in total. The van der Waals surface area contributed by atoms with Gasteiger partial charge in [0.1, 0.15) is 0 Å². The van der Waals surface area contributed by atoms with Gasteiger partial charge in [-0.2, -0.15) is 0 Å². The molecule has 0 bridgehead atoms. The molecule has 5 heteroatoms. The van der Waals surface area contributed by atoms with Crippen LogP contribution in [0.15, 0.2) is 17.0 Å². The van der Waals surface area contributed by atoms with Gasteiger partial charge in [0.15, 0.2) is 17.3 Å². The zero-order valence-corrected chi connectivity index (χ0v) is 11.1. The second kappa shape index (κ2) is 6.51. The van der Waals surface area contributed by atoms with Crippen LogP contribution in [0.2, 0.25) is 0 Å². The van der Waals surface area contributed by atoms with Gasteiger partial charge in [-0.05, 0) is 24.9 Å². The van der Waals surface area contributed by atoms with Gasteiger partial charge in [0.05, 0.1) is 19.1 Å². The van der Waals surface area contributed by atoms with Gasteiger partial charge in [-0.25, -0.2) is 0 Å². The Bertz CT molecular complexity index is 407. The summed E-state index contributed by atoms with van der Waals surface area (Å²) in [5, 5.41) is 0. The van der Waals surface area contributed by atoms with Crippen LogP contribution in [-0.4, -0.2) is 32.8 Å². The van der Waals surface area contributed by atoms with Crippen molar-refractivity contribution < 1.29 is 14.3 Å². The van der Waals surface area contributed by atoms with Crippen molar-refractivity contribution in [3.05, 3.63) is 17.7 Å². The second-order valence-electron chi connectivity index (χ2n) is 3.34. The molecule has 0 saturated carbocycles. The molecule has 1 aromatic carbocycles. The molecule has 17 heavy (non-hydrogen) atoms. The molecule has 0 fully saturated rings. The van der Waals surface area contributed by atoms with Crippen molar-refractivity contribution in [1.82, 2.24) is 0 Å². The van der Waals surface area contributed by atoms with E-state index in [1.165, 1.54) is 11.8 Å². The summed E-state index contributed by atoms with van der Waals surface area (Å²) in [6.07, 6.45) is 2.24. The van der Waals surface area contributed by atoms with Crippen molar-refractivity contribution in [3.8, 4) is 11.5 Å². The Labute approximate surface area is 105 Å². The van der Waals surface area contributed by atoms with Crippen LogP contribution in [0, 0.1) is 0 Å². The van der Waals surface area contributed by atoms with Gasteiger partial charge >= 0.3 is 0 Å². The molecule has 0 unspecified atom stereocenters. The molecule has 0 aliphatic heterocycles. The molecule has 0 radical (unpaired) electrons. The molecule has 1 rings (SSSR count). The van der Waals surface area contributed by atoms with Crippen molar-refractivity contribution in [2.45, 2.75) is 11.3 Å². The van der Waals surface area contributed by atoms with Crippen LogP contribution < -0.4 is 15.2 Å². The Balaban J connectivity index is 3.27. The highest BCUT2D eigenvalue weighted by Crippen LogP contribution is 2.39. The van der Waals surface area contributed by atoms with Crippen molar-refractivity contribution in [1.29, 1.82) is 0 Å². The molecule has 0 aromatic heterocycles. The summed E-state index contributed by atoms with van der Waals surface area (Å²) in [6, 6.07) is 3.49. The third-order valence-corrected chi connectivity index (χ3v) is 3.19. The second-order valence-corrected chi connectivity index (χ2v) is 4.16. The van der Waals surface area contributed by atoms with Crippen LogP contribution in [0.5, 0.6) is 11.5 Å². The van der Waals surface area contributed by atoms with Gasteiger partial charge in [0.25, 0.3) is 0 Å². The average Bonchev–Trinajstić information content (AvgIpc) is 2.36. The normalized spacial score (nSPS) is 10.1. The van der Waals surface area contributed by atoms with E-state index in [0.717, 1.165) is 4.90 Å². The summed E-state index contributed by atoms with van der Waals surface area (Å²) < 4.78 is 10.5. The van der Waals surface area contributed by atoms with Gasteiger partial charge < -0.3 is 15.2 Å². The van der Waals surface area contributed by atoms with Crippen molar-refractivity contribution in [2.75, 3.05) is 27.0 Å². The Hall–Kier alpha value is -1.20. The first-order valence-electron chi connectivity index (χ1n) is 5.21. The topological polar surface area (TPSA) is 61.5 Å². The minimum absolute atomic E-state index is 0.0257. The number of rotatable bonds is 6. The zero-order chi connectivity index (χ0) is 12.8. The number of Topliss-reactive ketones (excluding diaryl/α,β-unsaturated/α-hetero) is 1. The Morgan fingerprint density at radius 2 is 2.06 bits per heavy atom. The van der Waals surface area contributed by atoms with E-state index in [9.17, 15) is 4.79 Å². The molecule has 0 amide bonds. The lowest BCUT2D eigenvalue weighted by molar-refractivity contribution is 0.0982.